The molecule has 2 aliphatic heterocycles. The van der Waals surface area contributed by atoms with E-state index in [1.165, 1.54) is 37.7 Å². The van der Waals surface area contributed by atoms with Gasteiger partial charge in [-0.25, -0.2) is 0 Å². The van der Waals surface area contributed by atoms with Gasteiger partial charge in [0.25, 0.3) is 0 Å². The Labute approximate surface area is 103 Å². The third-order valence-corrected chi connectivity index (χ3v) is 4.97. The smallest absolute Gasteiger partial charge is 0.0632 e. The van der Waals surface area contributed by atoms with Gasteiger partial charge in [0.15, 0.2) is 0 Å². The molecule has 2 bridgehead atoms. The second-order valence-corrected chi connectivity index (χ2v) is 5.90. The zero-order valence-electron chi connectivity index (χ0n) is 10.4. The Balaban J connectivity index is 1.94. The Morgan fingerprint density at radius 1 is 1.18 bits per heavy atom. The summed E-state index contributed by atoms with van der Waals surface area (Å²) in [4.78, 5) is 0. The molecule has 2 atom stereocenters. The first-order valence-electron chi connectivity index (χ1n) is 6.87. The van der Waals surface area contributed by atoms with Crippen LogP contribution in [-0.4, -0.2) is 0 Å². The van der Waals surface area contributed by atoms with Gasteiger partial charge >= 0.3 is 0 Å². The third-order valence-electron chi connectivity index (χ3n) is 4.97. The Morgan fingerprint density at radius 2 is 2.00 bits per heavy atom. The Kier molecular flexibility index (Phi) is 1.88. The number of hydrogen-bond acceptors (Lipinski definition) is 1. The largest absolute Gasteiger partial charge is 0.297 e. The molecule has 17 heavy (non-hydrogen) atoms. The lowest BCUT2D eigenvalue weighted by molar-refractivity contribution is 0.349. The van der Waals surface area contributed by atoms with Gasteiger partial charge in [0, 0.05) is 6.04 Å². The molecule has 0 amide bonds. The second kappa shape index (κ2) is 3.23. The van der Waals surface area contributed by atoms with Gasteiger partial charge in [0.05, 0.1) is 5.54 Å². The average Bonchev–Trinajstić information content (AvgIpc) is 2.61. The average molecular weight is 225 g/mol. The minimum Gasteiger partial charge on any atom is -0.297 e. The quantitative estimate of drug-likeness (QED) is 0.662. The Hall–Kier alpha value is -1.08. The van der Waals surface area contributed by atoms with E-state index in [0.717, 1.165) is 0 Å². The molecule has 1 aliphatic carbocycles. The fourth-order valence-corrected chi connectivity index (χ4v) is 4.21. The number of rotatable bonds is 0. The highest BCUT2D eigenvalue weighted by molar-refractivity contribution is 5.51. The van der Waals surface area contributed by atoms with Gasteiger partial charge in [-0.3, -0.25) is 5.32 Å². The predicted molar refractivity (Wildman–Crippen MR) is 69.8 cm³/mol. The molecular weight excluding hydrogens is 206 g/mol. The molecule has 0 radical (unpaired) electrons. The Morgan fingerprint density at radius 3 is 2.94 bits per heavy atom. The van der Waals surface area contributed by atoms with Crippen molar-refractivity contribution in [1.29, 1.82) is 0 Å². The lowest BCUT2D eigenvalue weighted by atomic mass is 9.75. The normalized spacial score (nSPS) is 34.5. The standard InChI is InChI=1S/C16H19N/c1-16-13-8-4-2-6-11(13)10-15(17-16)12-7-3-5-9-14(12)16/h3,5,7,9,15,17H,2,4,6,8,10H2,1H3/t15-,16+/m0/s1. The van der Waals surface area contributed by atoms with E-state index in [9.17, 15) is 0 Å². The SMILES string of the molecule is C[C@@]12N[C@@H](CC3=C1CCCC3)c1ccccc12. The molecule has 0 aromatic heterocycles. The third kappa shape index (κ3) is 1.18. The van der Waals surface area contributed by atoms with Crippen molar-refractivity contribution in [3.63, 3.8) is 0 Å². The first-order valence-corrected chi connectivity index (χ1v) is 6.87. The van der Waals surface area contributed by atoms with E-state index in [4.69, 9.17) is 0 Å². The van der Waals surface area contributed by atoms with E-state index < -0.39 is 0 Å². The lowest BCUT2D eigenvalue weighted by Gasteiger charge is -2.39. The maximum Gasteiger partial charge on any atom is 0.0632 e. The van der Waals surface area contributed by atoms with E-state index in [2.05, 4.69) is 36.5 Å². The van der Waals surface area contributed by atoms with Crippen molar-refractivity contribution in [2.75, 3.05) is 0 Å². The summed E-state index contributed by atoms with van der Waals surface area (Å²) in [5.74, 6) is 0. The highest BCUT2D eigenvalue weighted by Crippen LogP contribution is 2.52. The number of benzene rings is 1. The molecule has 2 heterocycles. The van der Waals surface area contributed by atoms with Crippen molar-refractivity contribution in [2.24, 2.45) is 0 Å². The van der Waals surface area contributed by atoms with Gasteiger partial charge in [-0.2, -0.15) is 0 Å². The summed E-state index contributed by atoms with van der Waals surface area (Å²) < 4.78 is 0. The molecule has 1 heteroatoms. The molecule has 0 unspecified atom stereocenters. The van der Waals surface area contributed by atoms with Crippen molar-refractivity contribution in [2.45, 2.75) is 50.6 Å². The van der Waals surface area contributed by atoms with Crippen LogP contribution in [0.25, 0.3) is 0 Å². The van der Waals surface area contributed by atoms with Crippen LogP contribution in [-0.2, 0) is 5.54 Å². The summed E-state index contributed by atoms with van der Waals surface area (Å²) in [6.45, 7) is 2.39. The van der Waals surface area contributed by atoms with Gasteiger partial charge in [0.2, 0.25) is 0 Å². The second-order valence-electron chi connectivity index (χ2n) is 5.90. The molecule has 0 fully saturated rings. The molecule has 1 aromatic carbocycles. The summed E-state index contributed by atoms with van der Waals surface area (Å²) in [5.41, 5.74) is 6.71. The summed E-state index contributed by atoms with van der Waals surface area (Å²) in [6, 6.07) is 9.59. The molecule has 4 rings (SSSR count). The van der Waals surface area contributed by atoms with Crippen LogP contribution in [0.3, 0.4) is 0 Å². The molecule has 0 spiro atoms. The first kappa shape index (κ1) is 9.90. The molecular formula is C16H19N. The summed E-state index contributed by atoms with van der Waals surface area (Å²) >= 11 is 0. The summed E-state index contributed by atoms with van der Waals surface area (Å²) in [7, 11) is 0. The van der Waals surface area contributed by atoms with Crippen LogP contribution in [0.5, 0.6) is 0 Å². The minimum atomic E-state index is 0.148. The van der Waals surface area contributed by atoms with E-state index in [1.807, 2.05) is 0 Å². The number of fused-ring (bicyclic) bond motifs is 6. The van der Waals surface area contributed by atoms with Crippen LogP contribution in [0.4, 0.5) is 0 Å². The molecule has 1 aromatic rings. The van der Waals surface area contributed by atoms with Gasteiger partial charge in [0.1, 0.15) is 0 Å². The van der Waals surface area contributed by atoms with Gasteiger partial charge in [-0.15, -0.1) is 0 Å². The van der Waals surface area contributed by atoms with Crippen LogP contribution < -0.4 is 5.32 Å². The fourth-order valence-electron chi connectivity index (χ4n) is 4.21. The molecule has 0 saturated heterocycles. The maximum atomic E-state index is 3.87. The zero-order valence-corrected chi connectivity index (χ0v) is 10.4. The predicted octanol–water partition coefficient (Wildman–Crippen LogP) is 3.82. The highest BCUT2D eigenvalue weighted by atomic mass is 15.1. The molecule has 0 saturated carbocycles. The monoisotopic (exact) mass is 225 g/mol. The Bertz CT molecular complexity index is 514. The van der Waals surface area contributed by atoms with E-state index in [1.54, 1.807) is 16.7 Å². The van der Waals surface area contributed by atoms with Crippen molar-refractivity contribution in [3.05, 3.63) is 46.5 Å². The lowest BCUT2D eigenvalue weighted by Crippen LogP contribution is -2.41. The number of nitrogens with one attached hydrogen (secondary N) is 1. The highest BCUT2D eigenvalue weighted by Gasteiger charge is 2.46. The van der Waals surface area contributed by atoms with Crippen molar-refractivity contribution < 1.29 is 0 Å². The maximum absolute atomic E-state index is 3.87. The van der Waals surface area contributed by atoms with E-state index in [0.29, 0.717) is 6.04 Å². The topological polar surface area (TPSA) is 12.0 Å². The van der Waals surface area contributed by atoms with Crippen molar-refractivity contribution >= 4 is 0 Å². The van der Waals surface area contributed by atoms with Gasteiger partial charge in [-0.05, 0) is 55.7 Å². The zero-order chi connectivity index (χ0) is 11.5. The minimum absolute atomic E-state index is 0.148. The van der Waals surface area contributed by atoms with Crippen LogP contribution in [0, 0.1) is 0 Å². The van der Waals surface area contributed by atoms with Gasteiger partial charge in [-0.1, -0.05) is 29.8 Å². The molecule has 88 valence electrons. The molecule has 1 N–H and O–H groups in total. The summed E-state index contributed by atoms with van der Waals surface area (Å²) in [5, 5.41) is 3.87. The van der Waals surface area contributed by atoms with Crippen LogP contribution >= 0.6 is 0 Å². The van der Waals surface area contributed by atoms with Crippen LogP contribution in [0.2, 0.25) is 0 Å². The fraction of sp³-hybridized carbons (Fsp3) is 0.500. The van der Waals surface area contributed by atoms with Crippen molar-refractivity contribution in [3.8, 4) is 0 Å². The number of hydrogen-bond donors (Lipinski definition) is 1. The van der Waals surface area contributed by atoms with E-state index in [-0.39, 0.29) is 5.54 Å². The van der Waals surface area contributed by atoms with Crippen LogP contribution in [0.1, 0.15) is 56.2 Å². The summed E-state index contributed by atoms with van der Waals surface area (Å²) in [6.07, 6.45) is 6.68. The van der Waals surface area contributed by atoms with E-state index >= 15 is 0 Å². The van der Waals surface area contributed by atoms with Crippen LogP contribution in [0.15, 0.2) is 35.4 Å². The first-order chi connectivity index (χ1) is 8.29. The molecule has 3 aliphatic rings. The van der Waals surface area contributed by atoms with Crippen molar-refractivity contribution in [1.82, 2.24) is 5.32 Å². The molecule has 1 nitrogen and oxygen atoms in total. The van der Waals surface area contributed by atoms with Gasteiger partial charge < -0.3 is 0 Å².